The van der Waals surface area contributed by atoms with E-state index in [1.807, 2.05) is 0 Å². The number of nitrogens with two attached hydrogens (primary N) is 1. The molecule has 3 rings (SSSR count). The molecule has 2 amide bonds. The number of anilines is 2. The van der Waals surface area contributed by atoms with Gasteiger partial charge in [-0.15, -0.1) is 0 Å². The highest BCUT2D eigenvalue weighted by Crippen LogP contribution is 2.22. The Hall–Kier alpha value is -3.03. The van der Waals surface area contributed by atoms with Crippen molar-refractivity contribution in [3.63, 3.8) is 0 Å². The Balaban J connectivity index is 1.81. The van der Waals surface area contributed by atoms with E-state index in [9.17, 15) is 9.59 Å². The quantitative estimate of drug-likeness (QED) is 0.622. The SMILES string of the molecule is Nc1ccccc1NC(=O)c1n[nH]c2c1CCN(C(=O)O)C2. The largest absolute Gasteiger partial charge is 0.465 e. The fourth-order valence-corrected chi connectivity index (χ4v) is 2.46. The number of amides is 2. The van der Waals surface area contributed by atoms with Gasteiger partial charge in [0.25, 0.3) is 5.91 Å². The van der Waals surface area contributed by atoms with Gasteiger partial charge in [-0.1, -0.05) is 12.1 Å². The van der Waals surface area contributed by atoms with Gasteiger partial charge in [-0.3, -0.25) is 9.89 Å². The lowest BCUT2D eigenvalue weighted by atomic mass is 10.0. The summed E-state index contributed by atoms with van der Waals surface area (Å²) in [5.41, 5.74) is 8.47. The van der Waals surface area contributed by atoms with Gasteiger partial charge in [0.05, 0.1) is 23.6 Å². The standard InChI is InChI=1S/C14H15N5O3/c15-9-3-1-2-4-10(9)16-13(20)12-8-5-6-19(14(21)22)7-11(8)17-18-12/h1-4H,5-7,15H2,(H,16,20)(H,17,18)(H,21,22). The number of rotatable bonds is 2. The number of aromatic amines is 1. The molecule has 0 bridgehead atoms. The van der Waals surface area contributed by atoms with Gasteiger partial charge in [0.2, 0.25) is 0 Å². The Morgan fingerprint density at radius 2 is 2.14 bits per heavy atom. The normalized spacial score (nSPS) is 13.5. The third-order valence-corrected chi connectivity index (χ3v) is 3.63. The molecule has 1 aliphatic heterocycles. The number of nitrogens with one attached hydrogen (secondary N) is 2. The lowest BCUT2D eigenvalue weighted by Gasteiger charge is -2.23. The molecule has 0 fully saturated rings. The summed E-state index contributed by atoms with van der Waals surface area (Å²) >= 11 is 0. The van der Waals surface area contributed by atoms with Gasteiger partial charge in [-0.25, -0.2) is 4.79 Å². The van der Waals surface area contributed by atoms with Crippen LogP contribution in [0.25, 0.3) is 0 Å². The molecule has 0 unspecified atom stereocenters. The van der Waals surface area contributed by atoms with Gasteiger partial charge in [0, 0.05) is 12.1 Å². The number of benzene rings is 1. The van der Waals surface area contributed by atoms with Crippen molar-refractivity contribution in [2.75, 3.05) is 17.6 Å². The fourth-order valence-electron chi connectivity index (χ4n) is 2.46. The third-order valence-electron chi connectivity index (χ3n) is 3.63. The van der Waals surface area contributed by atoms with E-state index in [0.717, 1.165) is 5.56 Å². The zero-order chi connectivity index (χ0) is 15.7. The number of hydrogen-bond donors (Lipinski definition) is 4. The topological polar surface area (TPSA) is 124 Å². The number of para-hydroxylation sites is 2. The van der Waals surface area contributed by atoms with Gasteiger partial charge in [0.15, 0.2) is 5.69 Å². The second-order valence-electron chi connectivity index (χ2n) is 5.02. The van der Waals surface area contributed by atoms with Crippen LogP contribution in [0.2, 0.25) is 0 Å². The van der Waals surface area contributed by atoms with Crippen molar-refractivity contribution in [3.05, 3.63) is 41.2 Å². The number of carbonyl (C=O) groups excluding carboxylic acids is 1. The minimum absolute atomic E-state index is 0.207. The molecular weight excluding hydrogens is 286 g/mol. The number of H-pyrrole nitrogens is 1. The number of carbonyl (C=O) groups is 2. The second-order valence-corrected chi connectivity index (χ2v) is 5.02. The molecule has 0 spiro atoms. The number of carboxylic acid groups (broad SMARTS) is 1. The van der Waals surface area contributed by atoms with Gasteiger partial charge < -0.3 is 21.1 Å². The molecule has 2 heterocycles. The van der Waals surface area contributed by atoms with Crippen LogP contribution in [0.4, 0.5) is 16.2 Å². The predicted octanol–water partition coefficient (Wildman–Crippen LogP) is 1.28. The van der Waals surface area contributed by atoms with Crippen molar-refractivity contribution >= 4 is 23.4 Å². The first-order valence-corrected chi connectivity index (χ1v) is 6.76. The molecule has 8 nitrogen and oxygen atoms in total. The van der Waals surface area contributed by atoms with E-state index >= 15 is 0 Å². The van der Waals surface area contributed by atoms with Crippen LogP contribution < -0.4 is 11.1 Å². The highest BCUT2D eigenvalue weighted by Gasteiger charge is 2.27. The van der Waals surface area contributed by atoms with Gasteiger partial charge >= 0.3 is 6.09 Å². The summed E-state index contributed by atoms with van der Waals surface area (Å²) in [6, 6.07) is 6.96. The summed E-state index contributed by atoms with van der Waals surface area (Å²) in [6.45, 7) is 0.550. The van der Waals surface area contributed by atoms with Gasteiger partial charge in [0.1, 0.15) is 0 Å². The van der Waals surface area contributed by atoms with Crippen molar-refractivity contribution in [1.29, 1.82) is 0 Å². The molecule has 0 saturated heterocycles. The van der Waals surface area contributed by atoms with E-state index in [1.54, 1.807) is 24.3 Å². The Bertz CT molecular complexity index is 740. The van der Waals surface area contributed by atoms with Crippen LogP contribution in [0.15, 0.2) is 24.3 Å². The fraction of sp³-hybridized carbons (Fsp3) is 0.214. The minimum Gasteiger partial charge on any atom is -0.465 e. The van der Waals surface area contributed by atoms with E-state index in [0.29, 0.717) is 30.0 Å². The molecule has 0 saturated carbocycles. The molecule has 22 heavy (non-hydrogen) atoms. The molecule has 0 atom stereocenters. The molecule has 0 aliphatic carbocycles. The van der Waals surface area contributed by atoms with Crippen LogP contribution in [0.5, 0.6) is 0 Å². The van der Waals surface area contributed by atoms with Crippen LogP contribution in [-0.2, 0) is 13.0 Å². The van der Waals surface area contributed by atoms with Crippen molar-refractivity contribution in [3.8, 4) is 0 Å². The number of fused-ring (bicyclic) bond motifs is 1. The second kappa shape index (κ2) is 5.40. The van der Waals surface area contributed by atoms with Gasteiger partial charge in [-0.05, 0) is 18.6 Å². The lowest BCUT2D eigenvalue weighted by Crippen LogP contribution is -2.35. The zero-order valence-corrected chi connectivity index (χ0v) is 11.7. The zero-order valence-electron chi connectivity index (χ0n) is 11.7. The van der Waals surface area contributed by atoms with E-state index in [-0.39, 0.29) is 18.1 Å². The summed E-state index contributed by atoms with van der Waals surface area (Å²) in [7, 11) is 0. The van der Waals surface area contributed by atoms with Crippen LogP contribution in [-0.4, -0.2) is 38.7 Å². The van der Waals surface area contributed by atoms with Crippen molar-refractivity contribution in [2.45, 2.75) is 13.0 Å². The van der Waals surface area contributed by atoms with E-state index in [1.165, 1.54) is 4.90 Å². The van der Waals surface area contributed by atoms with E-state index < -0.39 is 6.09 Å². The smallest absolute Gasteiger partial charge is 0.407 e. The Labute approximate surface area is 125 Å². The molecule has 5 N–H and O–H groups in total. The average Bonchev–Trinajstić information content (AvgIpc) is 2.92. The number of nitrogens with zero attached hydrogens (tertiary/aromatic N) is 2. The van der Waals surface area contributed by atoms with Gasteiger partial charge in [-0.2, -0.15) is 5.10 Å². The summed E-state index contributed by atoms with van der Waals surface area (Å²) in [4.78, 5) is 24.6. The van der Waals surface area contributed by atoms with E-state index in [2.05, 4.69) is 15.5 Å². The first-order chi connectivity index (χ1) is 10.6. The minimum atomic E-state index is -0.983. The van der Waals surface area contributed by atoms with Crippen molar-refractivity contribution in [2.24, 2.45) is 0 Å². The molecule has 8 heteroatoms. The molecule has 1 aliphatic rings. The summed E-state index contributed by atoms with van der Waals surface area (Å²) < 4.78 is 0. The third kappa shape index (κ3) is 2.46. The Kier molecular flexibility index (Phi) is 3.42. The molecule has 2 aromatic rings. The Morgan fingerprint density at radius 1 is 1.36 bits per heavy atom. The molecule has 114 valence electrons. The van der Waals surface area contributed by atoms with Crippen molar-refractivity contribution < 1.29 is 14.7 Å². The highest BCUT2D eigenvalue weighted by molar-refractivity contribution is 6.05. The number of nitrogen functional groups attached to an aromatic ring is 1. The molecule has 0 radical (unpaired) electrons. The number of aromatic nitrogens is 2. The Morgan fingerprint density at radius 3 is 2.86 bits per heavy atom. The summed E-state index contributed by atoms with van der Waals surface area (Å²) in [6.07, 6.45) is -0.533. The lowest BCUT2D eigenvalue weighted by molar-refractivity contribution is 0.102. The van der Waals surface area contributed by atoms with Crippen LogP contribution in [0.1, 0.15) is 21.7 Å². The maximum atomic E-state index is 12.3. The molecular formula is C14H15N5O3. The monoisotopic (exact) mass is 301 g/mol. The van der Waals surface area contributed by atoms with Crippen LogP contribution in [0.3, 0.4) is 0 Å². The maximum absolute atomic E-state index is 12.3. The first kappa shape index (κ1) is 13.9. The summed E-state index contributed by atoms with van der Waals surface area (Å²) in [5, 5.41) is 18.5. The van der Waals surface area contributed by atoms with Crippen molar-refractivity contribution in [1.82, 2.24) is 15.1 Å². The molecule has 1 aromatic carbocycles. The maximum Gasteiger partial charge on any atom is 0.407 e. The highest BCUT2D eigenvalue weighted by atomic mass is 16.4. The van der Waals surface area contributed by atoms with E-state index in [4.69, 9.17) is 10.8 Å². The summed E-state index contributed by atoms with van der Waals surface area (Å²) in [5.74, 6) is -0.362. The molecule has 1 aromatic heterocycles. The van der Waals surface area contributed by atoms with Crippen LogP contribution >= 0.6 is 0 Å². The number of hydrogen-bond acceptors (Lipinski definition) is 4. The average molecular weight is 301 g/mol. The first-order valence-electron chi connectivity index (χ1n) is 6.76. The predicted molar refractivity (Wildman–Crippen MR) is 79.5 cm³/mol. The van der Waals surface area contributed by atoms with Crippen LogP contribution in [0, 0.1) is 0 Å².